The molecule has 1 aliphatic rings. The Bertz CT molecular complexity index is 1140. The third-order valence-electron chi connectivity index (χ3n) is 6.13. The second-order valence-corrected chi connectivity index (χ2v) is 8.67. The average Bonchev–Trinajstić information content (AvgIpc) is 2.88. The third-order valence-corrected chi connectivity index (χ3v) is 6.38. The zero-order chi connectivity index (χ0) is 23.8. The fourth-order valence-corrected chi connectivity index (χ4v) is 4.27. The second kappa shape index (κ2) is 10.9. The molecular weight excluding hydrogens is 448 g/mol. The quantitative estimate of drug-likeness (QED) is 0.203. The van der Waals surface area contributed by atoms with Gasteiger partial charge in [0.15, 0.2) is 0 Å². The van der Waals surface area contributed by atoms with Crippen LogP contribution in [0.2, 0.25) is 5.02 Å². The number of hydrogen-bond acceptors (Lipinski definition) is 3. The number of likely N-dealkylation sites (tertiary alicyclic amines) is 1. The van der Waals surface area contributed by atoms with Gasteiger partial charge in [-0.25, -0.2) is 4.79 Å². The first-order valence-electron chi connectivity index (χ1n) is 11.2. The summed E-state index contributed by atoms with van der Waals surface area (Å²) in [6.07, 6.45) is 1.28. The van der Waals surface area contributed by atoms with E-state index in [1.807, 2.05) is 89.8 Å². The first kappa shape index (κ1) is 23.4. The van der Waals surface area contributed by atoms with Gasteiger partial charge in [-0.2, -0.15) is 5.11 Å². The van der Waals surface area contributed by atoms with E-state index in [1.165, 1.54) is 0 Å². The van der Waals surface area contributed by atoms with E-state index in [4.69, 9.17) is 17.3 Å². The topological polar surface area (TPSA) is 95.4 Å². The molecule has 2 amide bonds. The molecule has 8 heteroatoms. The molecule has 0 radical (unpaired) electrons. The monoisotopic (exact) mass is 474 g/mol. The van der Waals surface area contributed by atoms with Crippen molar-refractivity contribution >= 4 is 29.2 Å². The number of nitrogens with one attached hydrogen (secondary N) is 1. The van der Waals surface area contributed by atoms with Gasteiger partial charge in [0.1, 0.15) is 5.84 Å². The fourth-order valence-electron chi connectivity index (χ4n) is 4.14. The van der Waals surface area contributed by atoms with Gasteiger partial charge in [0, 0.05) is 23.8 Å². The normalized spacial score (nSPS) is 15.9. The van der Waals surface area contributed by atoms with E-state index < -0.39 is 5.41 Å². The molecule has 174 valence electrons. The van der Waals surface area contributed by atoms with E-state index in [9.17, 15) is 4.79 Å². The van der Waals surface area contributed by atoms with Gasteiger partial charge >= 0.3 is 6.03 Å². The Morgan fingerprint density at radius 1 is 0.941 bits per heavy atom. The van der Waals surface area contributed by atoms with Crippen molar-refractivity contribution in [2.75, 3.05) is 18.4 Å². The Morgan fingerprint density at radius 2 is 1.56 bits per heavy atom. The number of urea groups is 1. The molecule has 0 unspecified atom stereocenters. The number of nitrogens with zero attached hydrogens (tertiary/aromatic N) is 4. The van der Waals surface area contributed by atoms with Gasteiger partial charge < -0.3 is 16.0 Å². The van der Waals surface area contributed by atoms with Crippen LogP contribution in [0.5, 0.6) is 0 Å². The summed E-state index contributed by atoms with van der Waals surface area (Å²) in [4.78, 5) is 14.6. The molecule has 0 aliphatic carbocycles. The van der Waals surface area contributed by atoms with Gasteiger partial charge in [0.2, 0.25) is 0 Å². The summed E-state index contributed by atoms with van der Waals surface area (Å²) in [5.41, 5.74) is 8.83. The minimum atomic E-state index is -0.510. The van der Waals surface area contributed by atoms with Crippen molar-refractivity contribution in [2.24, 2.45) is 21.2 Å². The lowest BCUT2D eigenvalue weighted by molar-refractivity contribution is 0.185. The van der Waals surface area contributed by atoms with E-state index in [2.05, 4.69) is 20.8 Å². The largest absolute Gasteiger partial charge is 0.385 e. The van der Waals surface area contributed by atoms with Crippen LogP contribution in [0.15, 0.2) is 100 Å². The molecule has 3 N–H and O–H groups in total. The van der Waals surface area contributed by atoms with E-state index in [1.54, 1.807) is 0 Å². The number of hydrogen-bond donors (Lipinski definition) is 2. The number of nitrogens with two attached hydrogens (primary N) is 1. The molecule has 4 rings (SSSR count). The van der Waals surface area contributed by atoms with Crippen LogP contribution in [0, 0.1) is 0 Å². The molecule has 3 aromatic carbocycles. The van der Waals surface area contributed by atoms with Crippen molar-refractivity contribution in [3.63, 3.8) is 0 Å². The maximum atomic E-state index is 12.8. The van der Waals surface area contributed by atoms with E-state index in [0.717, 1.165) is 16.8 Å². The number of benzene rings is 3. The van der Waals surface area contributed by atoms with Crippen molar-refractivity contribution in [1.82, 2.24) is 4.90 Å². The van der Waals surface area contributed by atoms with Gasteiger partial charge in [0.05, 0.1) is 12.0 Å². The van der Waals surface area contributed by atoms with E-state index >= 15 is 0 Å². The number of carbonyl (C=O) groups is 1. The van der Waals surface area contributed by atoms with Crippen LogP contribution in [0.1, 0.15) is 24.0 Å². The van der Waals surface area contributed by atoms with Crippen LogP contribution in [-0.2, 0) is 12.0 Å². The third kappa shape index (κ3) is 5.61. The molecule has 1 heterocycles. The van der Waals surface area contributed by atoms with Gasteiger partial charge in [-0.05, 0) is 53.5 Å². The summed E-state index contributed by atoms with van der Waals surface area (Å²) in [6, 6.07) is 26.8. The number of halogens is 1. The van der Waals surface area contributed by atoms with Crippen molar-refractivity contribution in [3.05, 3.63) is 101 Å². The van der Waals surface area contributed by atoms with E-state index in [-0.39, 0.29) is 6.03 Å². The van der Waals surface area contributed by atoms with Crippen molar-refractivity contribution in [3.8, 4) is 0 Å². The molecule has 3 aromatic rings. The van der Waals surface area contributed by atoms with Gasteiger partial charge in [0.25, 0.3) is 0 Å². The Balaban J connectivity index is 1.46. The number of amides is 2. The number of para-hydroxylation sites is 1. The van der Waals surface area contributed by atoms with Crippen LogP contribution >= 0.6 is 11.6 Å². The van der Waals surface area contributed by atoms with Crippen LogP contribution in [0.25, 0.3) is 0 Å². The summed E-state index contributed by atoms with van der Waals surface area (Å²) in [5, 5.41) is 16.1. The van der Waals surface area contributed by atoms with Gasteiger partial charge in [-0.1, -0.05) is 72.3 Å². The molecule has 1 saturated heterocycles. The van der Waals surface area contributed by atoms with Crippen LogP contribution in [-0.4, -0.2) is 29.9 Å². The Kier molecular flexibility index (Phi) is 7.54. The Labute approximate surface area is 204 Å². The first-order valence-corrected chi connectivity index (χ1v) is 11.6. The molecule has 0 bridgehead atoms. The highest BCUT2D eigenvalue weighted by atomic mass is 35.5. The minimum Gasteiger partial charge on any atom is -0.385 e. The van der Waals surface area contributed by atoms with Crippen molar-refractivity contribution < 1.29 is 4.79 Å². The molecule has 1 fully saturated rings. The molecule has 34 heavy (non-hydrogen) atoms. The Morgan fingerprint density at radius 3 is 2.21 bits per heavy atom. The number of rotatable bonds is 6. The highest BCUT2D eigenvalue weighted by Gasteiger charge is 2.41. The zero-order valence-electron chi connectivity index (χ0n) is 18.8. The highest BCUT2D eigenvalue weighted by Crippen LogP contribution is 2.36. The molecule has 1 aliphatic heterocycles. The maximum absolute atomic E-state index is 12.8. The average molecular weight is 475 g/mol. The smallest absolute Gasteiger partial charge is 0.321 e. The van der Waals surface area contributed by atoms with Crippen molar-refractivity contribution in [1.29, 1.82) is 0 Å². The van der Waals surface area contributed by atoms with Gasteiger partial charge in [-0.15, -0.1) is 5.10 Å². The van der Waals surface area contributed by atoms with E-state index in [0.29, 0.717) is 43.3 Å². The van der Waals surface area contributed by atoms with Gasteiger partial charge in [-0.3, -0.25) is 0 Å². The summed E-state index contributed by atoms with van der Waals surface area (Å²) >= 11 is 5.92. The Hall–Kier alpha value is -3.71. The van der Waals surface area contributed by atoms with Crippen LogP contribution in [0.4, 0.5) is 10.5 Å². The molecule has 7 nitrogen and oxygen atoms in total. The maximum Gasteiger partial charge on any atom is 0.321 e. The van der Waals surface area contributed by atoms with Crippen LogP contribution < -0.4 is 11.1 Å². The SMILES string of the molecule is N/C(=N\N=NCc1ccc(Cl)cc1)C1(c2ccccc2)CCN(C(=O)Nc2ccccc2)CC1. The summed E-state index contributed by atoms with van der Waals surface area (Å²) in [7, 11) is 0. The molecular formula is C26H27ClN6O. The lowest BCUT2D eigenvalue weighted by Gasteiger charge is -2.41. The standard InChI is InChI=1S/C26H27ClN6O/c27-22-13-11-20(12-14-22)19-29-32-31-24(28)26(21-7-3-1-4-8-21)15-17-33(18-16-26)25(34)30-23-9-5-2-6-10-23/h1-14H,15-19H2,(H,30,34)(H2,28,29,31). The minimum absolute atomic E-state index is 0.119. The fraction of sp³-hybridized carbons (Fsp3) is 0.231. The first-order chi connectivity index (χ1) is 16.6. The predicted octanol–water partition coefficient (Wildman–Crippen LogP) is 5.83. The molecule has 0 atom stereocenters. The lowest BCUT2D eigenvalue weighted by atomic mass is 9.72. The molecule has 0 aromatic heterocycles. The number of piperidine rings is 1. The number of anilines is 1. The molecule has 0 saturated carbocycles. The second-order valence-electron chi connectivity index (χ2n) is 8.23. The highest BCUT2D eigenvalue weighted by molar-refractivity contribution is 6.30. The number of carbonyl (C=O) groups excluding carboxylic acids is 1. The lowest BCUT2D eigenvalue weighted by Crippen LogP contribution is -2.52. The zero-order valence-corrected chi connectivity index (χ0v) is 19.5. The van der Waals surface area contributed by atoms with Crippen molar-refractivity contribution in [2.45, 2.75) is 24.8 Å². The summed E-state index contributed by atoms with van der Waals surface area (Å²) < 4.78 is 0. The number of amidine groups is 1. The molecule has 0 spiro atoms. The summed E-state index contributed by atoms with van der Waals surface area (Å²) in [6.45, 7) is 1.48. The van der Waals surface area contributed by atoms with Crippen LogP contribution in [0.3, 0.4) is 0 Å². The summed E-state index contributed by atoms with van der Waals surface area (Å²) in [5.74, 6) is 0.404. The predicted molar refractivity (Wildman–Crippen MR) is 136 cm³/mol.